The smallest absolute Gasteiger partial charge is 0.346 e. The van der Waals surface area contributed by atoms with Crippen molar-refractivity contribution in [2.45, 2.75) is 37.5 Å². The van der Waals surface area contributed by atoms with Gasteiger partial charge >= 0.3 is 12.0 Å². The highest BCUT2D eigenvalue weighted by Crippen LogP contribution is 2.46. The summed E-state index contributed by atoms with van der Waals surface area (Å²) in [5.74, 6) is -0.955. The maximum absolute atomic E-state index is 17.1. The lowest BCUT2D eigenvalue weighted by Gasteiger charge is -2.53. The van der Waals surface area contributed by atoms with E-state index >= 15 is 4.39 Å². The molecule has 2 atom stereocenters. The van der Waals surface area contributed by atoms with Crippen LogP contribution < -0.4 is 15.4 Å². The van der Waals surface area contributed by atoms with Crippen molar-refractivity contribution in [2.75, 3.05) is 57.0 Å². The third-order valence-electron chi connectivity index (χ3n) is 9.84. The highest BCUT2D eigenvalue weighted by molar-refractivity contribution is 7.23. The van der Waals surface area contributed by atoms with Gasteiger partial charge < -0.3 is 25.0 Å². The number of nitrogen functional groups attached to an aromatic ring is 1. The van der Waals surface area contributed by atoms with Gasteiger partial charge in [0, 0.05) is 28.9 Å². The molecule has 50 heavy (non-hydrogen) atoms. The summed E-state index contributed by atoms with van der Waals surface area (Å²) in [7, 11) is 2.04. The Morgan fingerprint density at radius 2 is 2.08 bits per heavy atom. The molecule has 3 aliphatic heterocycles. The molecule has 6 heterocycles. The van der Waals surface area contributed by atoms with Gasteiger partial charge in [-0.3, -0.25) is 4.90 Å². The maximum Gasteiger partial charge on any atom is 0.346 e. The monoisotopic (exact) mass is 720 g/mol. The first-order valence-electron chi connectivity index (χ1n) is 16.1. The molecule has 3 aromatic heterocycles. The number of amides is 1. The minimum atomic E-state index is -0.774. The number of morpholine rings is 1. The second-order valence-electron chi connectivity index (χ2n) is 13.0. The summed E-state index contributed by atoms with van der Waals surface area (Å²) in [5.41, 5.74) is 5.56. The molecule has 3 saturated heterocycles. The molecule has 0 aliphatic carbocycles. The van der Waals surface area contributed by atoms with Crippen LogP contribution in [-0.4, -0.2) is 105 Å². The highest BCUT2D eigenvalue weighted by Gasteiger charge is 2.50. The van der Waals surface area contributed by atoms with E-state index in [9.17, 15) is 14.4 Å². The number of fused-ring (bicyclic) bond motifs is 2. The molecule has 5 aromatic rings. The molecule has 2 N–H and O–H groups in total. The van der Waals surface area contributed by atoms with E-state index in [-0.39, 0.29) is 66.5 Å². The van der Waals surface area contributed by atoms with Crippen LogP contribution in [0.15, 0.2) is 30.9 Å². The van der Waals surface area contributed by atoms with Crippen molar-refractivity contribution in [3.63, 3.8) is 0 Å². The first-order chi connectivity index (χ1) is 24.1. The van der Waals surface area contributed by atoms with Crippen molar-refractivity contribution >= 4 is 60.8 Å². The lowest BCUT2D eigenvalue weighted by molar-refractivity contribution is -0.133. The Balaban J connectivity index is 1.23. The number of nitrogens with two attached hydrogens (primary N) is 1. The largest absolute Gasteiger partial charge is 0.459 e. The molecule has 3 fully saturated rings. The van der Waals surface area contributed by atoms with Gasteiger partial charge in [-0.05, 0) is 51.1 Å². The van der Waals surface area contributed by atoms with Crippen LogP contribution in [0.1, 0.15) is 25.3 Å². The van der Waals surface area contributed by atoms with Gasteiger partial charge in [-0.1, -0.05) is 17.7 Å². The number of likely N-dealkylation sites (tertiary alicyclic amines) is 2. The summed E-state index contributed by atoms with van der Waals surface area (Å²) in [6.45, 7) is 4.60. The predicted molar refractivity (Wildman–Crippen MR) is 183 cm³/mol. The number of nitriles is 1. The van der Waals surface area contributed by atoms with Crippen molar-refractivity contribution in [1.29, 1.82) is 5.26 Å². The maximum atomic E-state index is 17.1. The molecular formula is C33H31ClF2N10O3S. The fourth-order valence-electron chi connectivity index (χ4n) is 7.44. The van der Waals surface area contributed by atoms with Gasteiger partial charge in [0.1, 0.15) is 52.6 Å². The van der Waals surface area contributed by atoms with Crippen molar-refractivity contribution in [3.8, 4) is 23.2 Å². The number of hydrogen-bond donors (Lipinski definition) is 1. The molecule has 17 heteroatoms. The van der Waals surface area contributed by atoms with Gasteiger partial charge in [0.15, 0.2) is 5.82 Å². The van der Waals surface area contributed by atoms with Crippen LogP contribution in [0.3, 0.4) is 0 Å². The SMILES string of the molecule is C[C@H](Oc1nc(N2CCOC3(CN(C(=O)n4cncn4)C3)C2)c2cc(Cl)c(-c3ccc(F)c4sc(N)c(C#N)c34)c(F)c2n1)[C@@H]1CCCN1C. The zero-order valence-corrected chi connectivity index (χ0v) is 28.6. The van der Waals surface area contributed by atoms with Crippen molar-refractivity contribution in [3.05, 3.63) is 53.1 Å². The van der Waals surface area contributed by atoms with E-state index in [1.54, 1.807) is 11.0 Å². The van der Waals surface area contributed by atoms with E-state index in [0.29, 0.717) is 44.0 Å². The number of thiophene rings is 1. The Labute approximate surface area is 293 Å². The molecule has 0 unspecified atom stereocenters. The van der Waals surface area contributed by atoms with Gasteiger partial charge in [-0.15, -0.1) is 11.3 Å². The Kier molecular flexibility index (Phi) is 7.98. The van der Waals surface area contributed by atoms with E-state index < -0.39 is 17.2 Å². The quantitative estimate of drug-likeness (QED) is 0.264. The number of aromatic nitrogens is 5. The fraction of sp³-hybridized carbons (Fsp3) is 0.394. The highest BCUT2D eigenvalue weighted by atomic mass is 35.5. The van der Waals surface area contributed by atoms with Crippen molar-refractivity contribution < 1.29 is 23.0 Å². The molecule has 1 amide bonds. The standard InChI is InChI=1S/C33H31ClF2N10O3S/c1-17(23-4-3-7-43(23)2)49-31-41-27-19(10-21(34)25(26(27)36)18-5-6-22(35)28-24(18)20(11-37)29(38)50-28)30(42-31)44-8-9-48-33(12-44)13-45(14-33)32(47)46-16-39-15-40-46/h5-6,10,15-17,23H,3-4,7-9,12-14,38H2,1-2H3/t17-,23-/m0/s1. The summed E-state index contributed by atoms with van der Waals surface area (Å²) in [5, 5.41) is 14.5. The number of anilines is 2. The fourth-order valence-corrected chi connectivity index (χ4v) is 8.68. The minimum absolute atomic E-state index is 0.00800. The van der Waals surface area contributed by atoms with Crippen LogP contribution in [0.2, 0.25) is 5.02 Å². The molecule has 1 spiro atoms. The third kappa shape index (κ3) is 5.27. The number of nitrogens with zero attached hydrogens (tertiary/aromatic N) is 9. The molecule has 258 valence electrons. The van der Waals surface area contributed by atoms with Crippen molar-refractivity contribution in [1.82, 2.24) is 34.5 Å². The van der Waals surface area contributed by atoms with Gasteiger partial charge in [0.25, 0.3) is 0 Å². The molecule has 0 saturated carbocycles. The summed E-state index contributed by atoms with van der Waals surface area (Å²) < 4.78 is 45.9. The summed E-state index contributed by atoms with van der Waals surface area (Å²) in [4.78, 5) is 32.0. The molecule has 0 radical (unpaired) electrons. The van der Waals surface area contributed by atoms with E-state index in [4.69, 9.17) is 31.8 Å². The molecule has 0 bridgehead atoms. The predicted octanol–water partition coefficient (Wildman–Crippen LogP) is 4.91. The first kappa shape index (κ1) is 32.5. The zero-order valence-electron chi connectivity index (χ0n) is 27.1. The van der Waals surface area contributed by atoms with E-state index in [1.807, 2.05) is 24.9 Å². The number of halogens is 3. The summed E-state index contributed by atoms with van der Waals surface area (Å²) in [6.07, 6.45) is 4.31. The second kappa shape index (κ2) is 12.3. The minimum Gasteiger partial charge on any atom is -0.459 e. The number of rotatable bonds is 5. The number of ether oxygens (including phenoxy) is 2. The number of benzene rings is 2. The lowest BCUT2D eigenvalue weighted by Crippen LogP contribution is -2.71. The van der Waals surface area contributed by atoms with E-state index in [1.165, 1.54) is 29.5 Å². The van der Waals surface area contributed by atoms with Crippen LogP contribution in [0.4, 0.5) is 24.4 Å². The van der Waals surface area contributed by atoms with Gasteiger partial charge in [0.2, 0.25) is 0 Å². The van der Waals surface area contributed by atoms with Crippen LogP contribution in [-0.2, 0) is 4.74 Å². The normalized spacial score (nSPS) is 19.6. The number of likely N-dealkylation sites (N-methyl/N-ethyl adjacent to an activating group) is 1. The lowest BCUT2D eigenvalue weighted by atomic mass is 9.92. The molecular weight excluding hydrogens is 690 g/mol. The number of hydrogen-bond acceptors (Lipinski definition) is 12. The number of carbonyl (C=O) groups excluding carboxylic acids is 1. The van der Waals surface area contributed by atoms with E-state index in [0.717, 1.165) is 30.7 Å². The third-order valence-corrected chi connectivity index (χ3v) is 11.2. The van der Waals surface area contributed by atoms with Crippen LogP contribution in [0.25, 0.3) is 32.1 Å². The Morgan fingerprint density at radius 1 is 1.26 bits per heavy atom. The molecule has 13 nitrogen and oxygen atoms in total. The Morgan fingerprint density at radius 3 is 2.80 bits per heavy atom. The molecule has 3 aliphatic rings. The average Bonchev–Trinajstić information content (AvgIpc) is 3.85. The van der Waals surface area contributed by atoms with E-state index in [2.05, 4.69) is 20.0 Å². The Hall–Kier alpha value is -4.69. The van der Waals surface area contributed by atoms with Crippen LogP contribution in [0, 0.1) is 23.0 Å². The van der Waals surface area contributed by atoms with Crippen LogP contribution >= 0.6 is 22.9 Å². The molecule has 2 aromatic carbocycles. The average molecular weight is 721 g/mol. The van der Waals surface area contributed by atoms with Crippen LogP contribution in [0.5, 0.6) is 6.01 Å². The number of carbonyl (C=O) groups is 1. The van der Waals surface area contributed by atoms with Gasteiger partial charge in [-0.2, -0.15) is 25.0 Å². The second-order valence-corrected chi connectivity index (χ2v) is 14.4. The summed E-state index contributed by atoms with van der Waals surface area (Å²) >= 11 is 7.80. The van der Waals surface area contributed by atoms with Crippen molar-refractivity contribution in [2.24, 2.45) is 0 Å². The zero-order chi connectivity index (χ0) is 34.9. The Bertz CT molecular complexity index is 2200. The van der Waals surface area contributed by atoms with Gasteiger partial charge in [0.05, 0.1) is 41.5 Å². The van der Waals surface area contributed by atoms with Gasteiger partial charge in [-0.25, -0.2) is 18.6 Å². The summed E-state index contributed by atoms with van der Waals surface area (Å²) in [6, 6.07) is 6.02. The molecule has 8 rings (SSSR count). The topological polar surface area (TPSA) is 152 Å². The first-order valence-corrected chi connectivity index (χ1v) is 17.3.